The molecule has 0 spiro atoms. The number of benzene rings is 1. The Morgan fingerprint density at radius 1 is 1.35 bits per heavy atom. The van der Waals surface area contributed by atoms with Gasteiger partial charge < -0.3 is 15.0 Å². The fourth-order valence-corrected chi connectivity index (χ4v) is 2.26. The Hall–Kier alpha value is -1.30. The summed E-state index contributed by atoms with van der Waals surface area (Å²) in [5, 5.41) is 4.72. The fraction of sp³-hybridized carbons (Fsp3) is 0.385. The first kappa shape index (κ1) is 15.1. The molecule has 0 saturated heterocycles. The Labute approximate surface area is 127 Å². The molecule has 0 atom stereocenters. The van der Waals surface area contributed by atoms with Crippen molar-refractivity contribution in [3.8, 4) is 11.5 Å². The van der Waals surface area contributed by atoms with Gasteiger partial charge in [0.15, 0.2) is 0 Å². The molecule has 0 aliphatic carbocycles. The van der Waals surface area contributed by atoms with Crippen molar-refractivity contribution in [3.63, 3.8) is 0 Å². The van der Waals surface area contributed by atoms with Gasteiger partial charge in [0.05, 0.1) is 16.3 Å². The zero-order chi connectivity index (χ0) is 14.9. The maximum Gasteiger partial charge on any atom is 0.260 e. The number of nitrogens with zero attached hydrogens (tertiary/aromatic N) is 2. The van der Waals surface area contributed by atoms with E-state index >= 15 is 0 Å². The number of nitrogen functional groups attached to an aromatic ring is 1. The van der Waals surface area contributed by atoms with Crippen LogP contribution >= 0.6 is 23.2 Å². The summed E-state index contributed by atoms with van der Waals surface area (Å²) >= 11 is 12.0. The van der Waals surface area contributed by atoms with Crippen molar-refractivity contribution < 1.29 is 9.26 Å². The summed E-state index contributed by atoms with van der Waals surface area (Å²) in [7, 11) is 0. The highest BCUT2D eigenvalue weighted by molar-refractivity contribution is 6.37. The van der Waals surface area contributed by atoms with Crippen molar-refractivity contribution >= 4 is 28.9 Å². The van der Waals surface area contributed by atoms with Crippen molar-refractivity contribution in [2.24, 2.45) is 0 Å². The maximum absolute atomic E-state index is 5.99. The molecule has 1 aromatic carbocycles. The van der Waals surface area contributed by atoms with E-state index < -0.39 is 5.60 Å². The highest BCUT2D eigenvalue weighted by atomic mass is 35.5. The van der Waals surface area contributed by atoms with Crippen molar-refractivity contribution in [1.82, 2.24) is 10.1 Å². The number of halogens is 2. The molecular formula is C13H15Cl2N3O2. The number of ether oxygens (including phenoxy) is 1. The van der Waals surface area contributed by atoms with Crippen LogP contribution in [-0.2, 0) is 10.3 Å². The zero-order valence-corrected chi connectivity index (χ0v) is 12.9. The molecule has 0 unspecified atom stereocenters. The van der Waals surface area contributed by atoms with Gasteiger partial charge in [-0.15, -0.1) is 0 Å². The Morgan fingerprint density at radius 2 is 2.05 bits per heavy atom. The van der Waals surface area contributed by atoms with Gasteiger partial charge in [0.1, 0.15) is 5.60 Å². The first-order valence-electron chi connectivity index (χ1n) is 6.08. The molecule has 20 heavy (non-hydrogen) atoms. The maximum atomic E-state index is 5.99. The number of rotatable bonds is 4. The molecule has 1 heterocycles. The van der Waals surface area contributed by atoms with Crippen molar-refractivity contribution in [1.29, 1.82) is 0 Å². The predicted octanol–water partition coefficient (Wildman–Crippen LogP) is 3.90. The minimum Gasteiger partial charge on any atom is -0.397 e. The molecule has 2 aromatic rings. The average Bonchev–Trinajstić information content (AvgIpc) is 2.83. The average molecular weight is 316 g/mol. The Balaban J connectivity index is 2.44. The molecule has 0 aliphatic rings. The lowest BCUT2D eigenvalue weighted by molar-refractivity contribution is -0.0221. The predicted molar refractivity (Wildman–Crippen MR) is 78.8 cm³/mol. The number of hydrogen-bond donors (Lipinski definition) is 1. The van der Waals surface area contributed by atoms with E-state index in [2.05, 4.69) is 10.1 Å². The number of nitrogens with two attached hydrogens (primary N) is 1. The zero-order valence-electron chi connectivity index (χ0n) is 11.4. The van der Waals surface area contributed by atoms with E-state index in [0.717, 1.165) is 0 Å². The van der Waals surface area contributed by atoms with Crippen LogP contribution in [0.15, 0.2) is 16.7 Å². The van der Waals surface area contributed by atoms with Crippen LogP contribution in [0.1, 0.15) is 26.6 Å². The first-order chi connectivity index (χ1) is 9.35. The summed E-state index contributed by atoms with van der Waals surface area (Å²) in [4.78, 5) is 4.31. The highest BCUT2D eigenvalue weighted by Crippen LogP contribution is 2.35. The Morgan fingerprint density at radius 3 is 2.70 bits per heavy atom. The third-order valence-electron chi connectivity index (χ3n) is 2.79. The molecule has 0 saturated carbocycles. The van der Waals surface area contributed by atoms with E-state index in [-0.39, 0.29) is 5.89 Å². The summed E-state index contributed by atoms with van der Waals surface area (Å²) < 4.78 is 10.8. The second kappa shape index (κ2) is 5.60. The molecule has 0 aliphatic heterocycles. The molecule has 0 radical (unpaired) electrons. The standard InChI is InChI=1S/C13H15Cl2N3O2/c1-4-19-13(2,3)12-17-11(20-18-12)8-5-7(14)6-9(15)10(8)16/h5-6H,4,16H2,1-3H3. The van der Waals surface area contributed by atoms with Gasteiger partial charge in [-0.1, -0.05) is 28.4 Å². The van der Waals surface area contributed by atoms with Crippen molar-refractivity contribution in [3.05, 3.63) is 28.0 Å². The van der Waals surface area contributed by atoms with Gasteiger partial charge in [0.25, 0.3) is 5.89 Å². The first-order valence-corrected chi connectivity index (χ1v) is 6.83. The van der Waals surface area contributed by atoms with Crippen molar-refractivity contribution in [2.45, 2.75) is 26.4 Å². The fourth-order valence-electron chi connectivity index (χ4n) is 1.76. The molecule has 5 nitrogen and oxygen atoms in total. The van der Waals surface area contributed by atoms with Crippen LogP contribution in [0.25, 0.3) is 11.5 Å². The molecule has 0 fully saturated rings. The normalized spacial score (nSPS) is 11.8. The lowest BCUT2D eigenvalue weighted by Crippen LogP contribution is -2.23. The lowest BCUT2D eigenvalue weighted by atomic mass is 10.1. The van der Waals surface area contributed by atoms with Gasteiger partial charge in [0.2, 0.25) is 5.82 Å². The minimum absolute atomic E-state index is 0.259. The van der Waals surface area contributed by atoms with E-state index in [4.69, 9.17) is 38.2 Å². The summed E-state index contributed by atoms with van der Waals surface area (Å²) in [6.45, 7) is 6.17. The summed E-state index contributed by atoms with van der Waals surface area (Å²) in [5.74, 6) is 0.694. The molecule has 7 heteroatoms. The van der Waals surface area contributed by atoms with E-state index in [1.807, 2.05) is 20.8 Å². The van der Waals surface area contributed by atoms with E-state index in [0.29, 0.717) is 33.7 Å². The Bertz CT molecular complexity index is 626. The molecular weight excluding hydrogens is 301 g/mol. The number of hydrogen-bond acceptors (Lipinski definition) is 5. The second-order valence-electron chi connectivity index (χ2n) is 4.72. The SMILES string of the molecule is CCOC(C)(C)c1noc(-c2cc(Cl)cc(Cl)c2N)n1. The molecule has 0 bridgehead atoms. The van der Waals surface area contributed by atoms with Crippen LogP contribution in [0.4, 0.5) is 5.69 Å². The summed E-state index contributed by atoms with van der Waals surface area (Å²) in [6.07, 6.45) is 0. The molecule has 2 N–H and O–H groups in total. The molecule has 1 aromatic heterocycles. The number of aromatic nitrogens is 2. The number of anilines is 1. The monoisotopic (exact) mass is 315 g/mol. The molecule has 0 amide bonds. The van der Waals surface area contributed by atoms with Gasteiger partial charge in [-0.05, 0) is 32.9 Å². The van der Waals surface area contributed by atoms with Crippen molar-refractivity contribution in [2.75, 3.05) is 12.3 Å². The van der Waals surface area contributed by atoms with Crippen LogP contribution in [0.5, 0.6) is 0 Å². The summed E-state index contributed by atoms with van der Waals surface area (Å²) in [5.41, 5.74) is 6.12. The third kappa shape index (κ3) is 2.90. The molecule has 2 rings (SSSR count). The smallest absolute Gasteiger partial charge is 0.260 e. The quantitative estimate of drug-likeness (QED) is 0.866. The van der Waals surface area contributed by atoms with Crippen LogP contribution in [-0.4, -0.2) is 16.7 Å². The van der Waals surface area contributed by atoms with Gasteiger partial charge in [-0.2, -0.15) is 4.98 Å². The summed E-state index contributed by atoms with van der Waals surface area (Å²) in [6, 6.07) is 3.19. The minimum atomic E-state index is -0.645. The van der Waals surface area contributed by atoms with Gasteiger partial charge in [0, 0.05) is 11.6 Å². The largest absolute Gasteiger partial charge is 0.397 e. The van der Waals surface area contributed by atoms with E-state index in [1.165, 1.54) is 0 Å². The highest BCUT2D eigenvalue weighted by Gasteiger charge is 2.28. The van der Waals surface area contributed by atoms with Crippen LogP contribution in [0.3, 0.4) is 0 Å². The van der Waals surface area contributed by atoms with Crippen LogP contribution in [0.2, 0.25) is 10.0 Å². The van der Waals surface area contributed by atoms with Gasteiger partial charge >= 0.3 is 0 Å². The second-order valence-corrected chi connectivity index (χ2v) is 5.56. The van der Waals surface area contributed by atoms with Gasteiger partial charge in [-0.25, -0.2) is 0 Å². The van der Waals surface area contributed by atoms with Crippen LogP contribution in [0, 0.1) is 0 Å². The van der Waals surface area contributed by atoms with E-state index in [1.54, 1.807) is 12.1 Å². The Kier molecular flexibility index (Phi) is 4.22. The third-order valence-corrected chi connectivity index (χ3v) is 3.33. The van der Waals surface area contributed by atoms with Crippen LogP contribution < -0.4 is 5.73 Å². The van der Waals surface area contributed by atoms with E-state index in [9.17, 15) is 0 Å². The van der Waals surface area contributed by atoms with Gasteiger partial charge in [-0.3, -0.25) is 0 Å². The lowest BCUT2D eigenvalue weighted by Gasteiger charge is -2.19. The topological polar surface area (TPSA) is 74.2 Å². The molecule has 108 valence electrons.